The van der Waals surface area contributed by atoms with Gasteiger partial charge in [-0.25, -0.2) is 13.2 Å². The molecule has 0 nitrogen and oxygen atoms in total. The summed E-state index contributed by atoms with van der Waals surface area (Å²) < 4.78 is 35.2. The molecule has 0 radical (unpaired) electrons. The summed E-state index contributed by atoms with van der Waals surface area (Å²) in [5.41, 5.74) is 0. The van der Waals surface area contributed by atoms with Crippen molar-refractivity contribution < 1.29 is 13.2 Å². The molecule has 10 heavy (non-hydrogen) atoms. The van der Waals surface area contributed by atoms with Crippen LogP contribution in [-0.4, -0.2) is 0 Å². The lowest BCUT2D eigenvalue weighted by atomic mass is 10.4. The van der Waals surface area contributed by atoms with Crippen LogP contribution in [0.15, 0.2) is 36.2 Å². The van der Waals surface area contributed by atoms with Crippen LogP contribution in [0.25, 0.3) is 0 Å². The first-order chi connectivity index (χ1) is 4.66. The maximum absolute atomic E-state index is 12.2. The third-order valence-electron chi connectivity index (χ3n) is 0.665. The molecule has 0 N–H and O–H groups in total. The first-order valence-corrected chi connectivity index (χ1v) is 2.63. The van der Waals surface area contributed by atoms with E-state index in [4.69, 9.17) is 0 Å². The van der Waals surface area contributed by atoms with Crippen molar-refractivity contribution in [2.24, 2.45) is 0 Å². The second-order valence-corrected chi connectivity index (χ2v) is 1.60. The molecule has 0 fully saturated rings. The number of rotatable bonds is 2. The van der Waals surface area contributed by atoms with Crippen molar-refractivity contribution in [3.8, 4) is 0 Å². The van der Waals surface area contributed by atoms with Crippen LogP contribution < -0.4 is 0 Å². The number of hydrogen-bond donors (Lipinski definition) is 0. The molecule has 3 heteroatoms. The Morgan fingerprint density at radius 3 is 2.30 bits per heavy atom. The molecule has 0 amide bonds. The molecular formula is C7H7F3. The lowest BCUT2D eigenvalue weighted by Gasteiger charge is -1.82. The maximum Gasteiger partial charge on any atom is 0.125 e. The third kappa shape index (κ3) is 5.15. The first-order valence-electron chi connectivity index (χ1n) is 2.63. The van der Waals surface area contributed by atoms with E-state index in [1.54, 1.807) is 0 Å². The van der Waals surface area contributed by atoms with Gasteiger partial charge in [-0.2, -0.15) is 0 Å². The molecule has 0 saturated carbocycles. The third-order valence-corrected chi connectivity index (χ3v) is 0.665. The van der Waals surface area contributed by atoms with Crippen molar-refractivity contribution in [1.82, 2.24) is 0 Å². The molecule has 0 aliphatic heterocycles. The molecule has 56 valence electrons. The molecule has 0 aromatic carbocycles. The van der Waals surface area contributed by atoms with Crippen molar-refractivity contribution in [3.05, 3.63) is 36.2 Å². The van der Waals surface area contributed by atoms with Crippen LogP contribution in [0.1, 0.15) is 6.92 Å². The summed E-state index contributed by atoms with van der Waals surface area (Å²) >= 11 is 0. The Kier molecular flexibility index (Phi) is 4.37. The fourth-order valence-electron chi connectivity index (χ4n) is 0.366. The van der Waals surface area contributed by atoms with Crippen LogP contribution in [0.3, 0.4) is 0 Å². The molecular weight excluding hydrogens is 141 g/mol. The highest BCUT2D eigenvalue weighted by Gasteiger charge is 1.87. The molecule has 0 spiro atoms. The highest BCUT2D eigenvalue weighted by Crippen LogP contribution is 2.04. The summed E-state index contributed by atoms with van der Waals surface area (Å²) in [4.78, 5) is 0. The average Bonchev–Trinajstić information content (AvgIpc) is 1.82. The quantitative estimate of drug-likeness (QED) is 0.527. The van der Waals surface area contributed by atoms with Crippen LogP contribution >= 0.6 is 0 Å². The van der Waals surface area contributed by atoms with Crippen molar-refractivity contribution >= 4 is 0 Å². The fourth-order valence-corrected chi connectivity index (χ4v) is 0.366. The molecule has 0 saturated heterocycles. The maximum atomic E-state index is 12.2. The molecule has 0 aliphatic carbocycles. The monoisotopic (exact) mass is 148 g/mol. The van der Waals surface area contributed by atoms with Gasteiger partial charge >= 0.3 is 0 Å². The van der Waals surface area contributed by atoms with Gasteiger partial charge in [0.1, 0.15) is 5.83 Å². The lowest BCUT2D eigenvalue weighted by molar-refractivity contribution is 0.614. The number of allylic oxidation sites excluding steroid dienone is 5. The molecule has 0 aromatic rings. The standard InChI is InChI=1S/C7H7F3/c1-6(9)5-7(10)3-2-4-8/h2-5H,1H3/b4-2+,6-5+,7-3+. The van der Waals surface area contributed by atoms with Crippen LogP contribution in [0.5, 0.6) is 0 Å². The zero-order chi connectivity index (χ0) is 7.98. The van der Waals surface area contributed by atoms with Crippen LogP contribution in [0.4, 0.5) is 13.2 Å². The number of hydrogen-bond acceptors (Lipinski definition) is 0. The van der Waals surface area contributed by atoms with Gasteiger partial charge in [-0.05, 0) is 19.1 Å². The molecule has 0 aromatic heterocycles. The van der Waals surface area contributed by atoms with Gasteiger partial charge in [-0.1, -0.05) is 0 Å². The highest BCUT2D eigenvalue weighted by atomic mass is 19.1. The predicted octanol–water partition coefficient (Wildman–Crippen LogP) is 3.20. The SMILES string of the molecule is C\C(F)=C/C(F)=C\C=C\F. The van der Waals surface area contributed by atoms with E-state index in [2.05, 4.69) is 0 Å². The summed E-state index contributed by atoms with van der Waals surface area (Å²) in [6.07, 6.45) is 2.50. The topological polar surface area (TPSA) is 0 Å². The molecule has 0 bridgehead atoms. The minimum absolute atomic E-state index is 0.168. The Labute approximate surface area is 57.4 Å². The van der Waals surface area contributed by atoms with Crippen molar-refractivity contribution in [2.45, 2.75) is 6.92 Å². The Morgan fingerprint density at radius 1 is 1.30 bits per heavy atom. The van der Waals surface area contributed by atoms with Gasteiger partial charge in [0, 0.05) is 6.08 Å². The summed E-state index contributed by atoms with van der Waals surface area (Å²) in [7, 11) is 0. The Balaban J connectivity index is 4.08. The fraction of sp³-hybridized carbons (Fsp3) is 0.143. The summed E-state index contributed by atoms with van der Waals surface area (Å²) in [5.74, 6) is -1.46. The van der Waals surface area contributed by atoms with E-state index >= 15 is 0 Å². The van der Waals surface area contributed by atoms with Gasteiger partial charge in [-0.3, -0.25) is 0 Å². The summed E-state index contributed by atoms with van der Waals surface area (Å²) in [5, 5.41) is 0. The Morgan fingerprint density at radius 2 is 1.90 bits per heavy atom. The largest absolute Gasteiger partial charge is 0.216 e. The van der Waals surface area contributed by atoms with E-state index in [0.717, 1.165) is 19.1 Å². The molecule has 0 rings (SSSR count). The highest BCUT2D eigenvalue weighted by molar-refractivity contribution is 5.17. The van der Waals surface area contributed by atoms with Gasteiger partial charge < -0.3 is 0 Å². The van der Waals surface area contributed by atoms with Crippen LogP contribution in [0.2, 0.25) is 0 Å². The van der Waals surface area contributed by atoms with Gasteiger partial charge in [0.05, 0.1) is 12.2 Å². The number of halogens is 3. The zero-order valence-electron chi connectivity index (χ0n) is 5.44. The Bertz CT molecular complexity index is 173. The predicted molar refractivity (Wildman–Crippen MR) is 34.3 cm³/mol. The van der Waals surface area contributed by atoms with E-state index in [-0.39, 0.29) is 6.33 Å². The van der Waals surface area contributed by atoms with Gasteiger partial charge in [-0.15, -0.1) is 0 Å². The second-order valence-electron chi connectivity index (χ2n) is 1.60. The van der Waals surface area contributed by atoms with Crippen molar-refractivity contribution in [2.75, 3.05) is 0 Å². The molecule has 0 heterocycles. The average molecular weight is 148 g/mol. The van der Waals surface area contributed by atoms with Crippen LogP contribution in [-0.2, 0) is 0 Å². The molecule has 0 aliphatic rings. The smallest absolute Gasteiger partial charge is 0.125 e. The Hall–Kier alpha value is -0.990. The van der Waals surface area contributed by atoms with Crippen LogP contribution in [0, 0.1) is 0 Å². The van der Waals surface area contributed by atoms with E-state index in [1.165, 1.54) is 0 Å². The molecule has 0 unspecified atom stereocenters. The minimum atomic E-state index is -0.811. The first kappa shape index (κ1) is 9.01. The molecule has 0 atom stereocenters. The second kappa shape index (κ2) is 4.85. The van der Waals surface area contributed by atoms with Gasteiger partial charge in [0.25, 0.3) is 0 Å². The van der Waals surface area contributed by atoms with E-state index < -0.39 is 11.7 Å². The van der Waals surface area contributed by atoms with E-state index in [9.17, 15) is 13.2 Å². The normalized spacial score (nSPS) is 14.8. The van der Waals surface area contributed by atoms with E-state index in [0.29, 0.717) is 6.08 Å². The lowest BCUT2D eigenvalue weighted by Crippen LogP contribution is -1.65. The summed E-state index contributed by atoms with van der Waals surface area (Å²) in [6, 6.07) is 0. The zero-order valence-corrected chi connectivity index (χ0v) is 5.44. The van der Waals surface area contributed by atoms with Crippen molar-refractivity contribution in [3.63, 3.8) is 0 Å². The minimum Gasteiger partial charge on any atom is -0.216 e. The van der Waals surface area contributed by atoms with Gasteiger partial charge in [0.15, 0.2) is 0 Å². The summed E-state index contributed by atoms with van der Waals surface area (Å²) in [6.45, 7) is 1.10. The van der Waals surface area contributed by atoms with Crippen molar-refractivity contribution in [1.29, 1.82) is 0 Å². The van der Waals surface area contributed by atoms with E-state index in [1.807, 2.05) is 0 Å². The van der Waals surface area contributed by atoms with Gasteiger partial charge in [0.2, 0.25) is 0 Å².